The van der Waals surface area contributed by atoms with E-state index in [1.807, 2.05) is 6.07 Å². The van der Waals surface area contributed by atoms with Gasteiger partial charge in [-0.25, -0.2) is 0 Å². The minimum atomic E-state index is -1.72. The van der Waals surface area contributed by atoms with Gasteiger partial charge in [-0.3, -0.25) is 0 Å². The third kappa shape index (κ3) is 3.72. The number of ether oxygens (including phenoxy) is 2. The average Bonchev–Trinajstić information content (AvgIpc) is 2.58. The van der Waals surface area contributed by atoms with Gasteiger partial charge in [0.05, 0.1) is 7.11 Å². The van der Waals surface area contributed by atoms with Crippen molar-refractivity contribution in [1.82, 2.24) is 0 Å². The maximum Gasteiger partial charge on any atom is 0.191 e. The van der Waals surface area contributed by atoms with Crippen molar-refractivity contribution in [2.75, 3.05) is 13.7 Å². The average molecular weight is 375 g/mol. The Morgan fingerprint density at radius 3 is 2.69 bits per heavy atom. The maximum atomic E-state index is 6.63. The summed E-state index contributed by atoms with van der Waals surface area (Å²) in [7, 11) is -0.00889. The molecule has 1 aromatic carbocycles. The predicted octanol–water partition coefficient (Wildman–Crippen LogP) is 5.89. The second kappa shape index (κ2) is 7.04. The molecule has 1 aliphatic heterocycles. The Bertz CT molecular complexity index is 687. The van der Waals surface area contributed by atoms with Crippen LogP contribution in [-0.2, 0) is 10.8 Å². The van der Waals surface area contributed by atoms with E-state index in [9.17, 15) is 0 Å². The van der Waals surface area contributed by atoms with E-state index in [1.54, 1.807) is 7.11 Å². The molecule has 4 heteroatoms. The first-order chi connectivity index (χ1) is 12.2. The van der Waals surface area contributed by atoms with E-state index in [-0.39, 0.29) is 10.6 Å². The quantitative estimate of drug-likeness (QED) is 0.475. The zero-order chi connectivity index (χ0) is 19.0. The molecule has 0 fully saturated rings. The Morgan fingerprint density at radius 1 is 1.23 bits per heavy atom. The van der Waals surface area contributed by atoms with Gasteiger partial charge in [-0.2, -0.15) is 0 Å². The third-order valence-corrected chi connectivity index (χ3v) is 11.0. The summed E-state index contributed by atoms with van der Waals surface area (Å²) in [6.45, 7) is 12.3. The molecular formula is C22H34O3Si. The topological polar surface area (TPSA) is 27.7 Å². The summed E-state index contributed by atoms with van der Waals surface area (Å²) < 4.78 is 18.5. The summed E-state index contributed by atoms with van der Waals surface area (Å²) in [5.41, 5.74) is 2.49. The van der Waals surface area contributed by atoms with Crippen molar-refractivity contribution in [3.8, 4) is 11.5 Å². The van der Waals surface area contributed by atoms with Gasteiger partial charge in [0.25, 0.3) is 0 Å². The molecule has 0 saturated heterocycles. The molecule has 0 radical (unpaired) electrons. The van der Waals surface area contributed by atoms with E-state index < -0.39 is 8.32 Å². The molecule has 0 N–H and O–H groups in total. The fourth-order valence-electron chi connectivity index (χ4n) is 3.72. The highest BCUT2D eigenvalue weighted by Crippen LogP contribution is 2.45. The summed E-state index contributed by atoms with van der Waals surface area (Å²) in [4.78, 5) is 0. The Hall–Kier alpha value is -1.26. The van der Waals surface area contributed by atoms with Gasteiger partial charge in [0.15, 0.2) is 8.32 Å². The van der Waals surface area contributed by atoms with E-state index in [2.05, 4.69) is 52.1 Å². The summed E-state index contributed by atoms with van der Waals surface area (Å²) >= 11 is 0. The fraction of sp³-hybridized carbons (Fsp3) is 0.636. The van der Waals surface area contributed by atoms with Gasteiger partial charge in [0.2, 0.25) is 0 Å². The molecule has 3 nitrogen and oxygen atoms in total. The normalized spacial score (nSPS) is 22.8. The molecule has 3 rings (SSSR count). The minimum absolute atomic E-state index is 0.178. The Morgan fingerprint density at radius 2 is 2.00 bits per heavy atom. The molecule has 2 aliphatic rings. The van der Waals surface area contributed by atoms with Gasteiger partial charge < -0.3 is 13.9 Å². The van der Waals surface area contributed by atoms with Crippen LogP contribution in [0.25, 0.3) is 0 Å². The van der Waals surface area contributed by atoms with Crippen LogP contribution in [-0.4, -0.2) is 27.6 Å². The second-order valence-corrected chi connectivity index (χ2v) is 14.0. The largest absolute Gasteiger partial charge is 0.497 e. The van der Waals surface area contributed by atoms with Crippen molar-refractivity contribution in [3.05, 3.63) is 35.4 Å². The summed E-state index contributed by atoms with van der Waals surface area (Å²) in [5, 5.41) is 0.243. The van der Waals surface area contributed by atoms with E-state index in [0.717, 1.165) is 43.8 Å². The molecular weight excluding hydrogens is 340 g/mol. The lowest BCUT2D eigenvalue weighted by atomic mass is 9.76. The highest BCUT2D eigenvalue weighted by atomic mass is 28.4. The molecule has 0 saturated carbocycles. The van der Waals surface area contributed by atoms with Gasteiger partial charge in [-0.1, -0.05) is 26.8 Å². The van der Waals surface area contributed by atoms with Crippen LogP contribution in [0.4, 0.5) is 0 Å². The van der Waals surface area contributed by atoms with Crippen LogP contribution in [0.5, 0.6) is 11.5 Å². The van der Waals surface area contributed by atoms with Crippen molar-refractivity contribution in [1.29, 1.82) is 0 Å². The Labute approximate surface area is 159 Å². The van der Waals surface area contributed by atoms with E-state index in [1.165, 1.54) is 17.6 Å². The highest BCUT2D eigenvalue weighted by molar-refractivity contribution is 6.74. The zero-order valence-corrected chi connectivity index (χ0v) is 18.3. The number of benzene rings is 1. The van der Waals surface area contributed by atoms with Crippen LogP contribution in [0, 0.1) is 0 Å². The number of methoxy groups -OCH3 is 1. The van der Waals surface area contributed by atoms with Crippen LogP contribution in [0.3, 0.4) is 0 Å². The highest BCUT2D eigenvalue weighted by Gasteiger charge is 2.43. The number of allylic oxidation sites excluding steroid dienone is 1. The molecule has 0 spiro atoms. The second-order valence-electron chi connectivity index (χ2n) is 9.23. The van der Waals surface area contributed by atoms with Gasteiger partial charge in [0, 0.05) is 25.0 Å². The molecule has 1 aromatic rings. The summed E-state index contributed by atoms with van der Waals surface area (Å²) in [6.07, 6.45) is 7.74. The van der Waals surface area contributed by atoms with Crippen molar-refractivity contribution in [2.24, 2.45) is 0 Å². The summed E-state index contributed by atoms with van der Waals surface area (Å²) in [5.74, 6) is 1.91. The van der Waals surface area contributed by atoms with Gasteiger partial charge in [0.1, 0.15) is 17.1 Å². The lowest BCUT2D eigenvalue weighted by Gasteiger charge is -2.44. The fourth-order valence-corrected chi connectivity index (χ4v) is 4.77. The van der Waals surface area contributed by atoms with E-state index in [4.69, 9.17) is 13.9 Å². The molecule has 26 heavy (non-hydrogen) atoms. The van der Waals surface area contributed by atoms with Crippen LogP contribution in [0.15, 0.2) is 29.8 Å². The zero-order valence-electron chi connectivity index (χ0n) is 17.3. The minimum Gasteiger partial charge on any atom is -0.497 e. The molecule has 1 unspecified atom stereocenters. The number of fused-ring (bicyclic) bond motifs is 2. The first-order valence-corrected chi connectivity index (χ1v) is 12.8. The molecule has 0 bridgehead atoms. The van der Waals surface area contributed by atoms with Crippen molar-refractivity contribution in [2.45, 2.75) is 76.6 Å². The molecule has 1 heterocycles. The lowest BCUT2D eigenvalue weighted by Crippen LogP contribution is -2.46. The van der Waals surface area contributed by atoms with Gasteiger partial charge in [-0.05, 0) is 61.2 Å². The number of hydrogen-bond donors (Lipinski definition) is 0. The molecule has 144 valence electrons. The molecule has 0 aromatic heterocycles. The van der Waals surface area contributed by atoms with E-state index >= 15 is 0 Å². The predicted molar refractivity (Wildman–Crippen MR) is 110 cm³/mol. The van der Waals surface area contributed by atoms with Gasteiger partial charge >= 0.3 is 0 Å². The lowest BCUT2D eigenvalue weighted by molar-refractivity contribution is 0.0507. The van der Waals surface area contributed by atoms with Crippen LogP contribution < -0.4 is 9.47 Å². The number of hydrogen-bond acceptors (Lipinski definition) is 3. The van der Waals surface area contributed by atoms with E-state index in [0.29, 0.717) is 0 Å². The van der Waals surface area contributed by atoms with Crippen LogP contribution in [0.2, 0.25) is 18.1 Å². The maximum absolute atomic E-state index is 6.63. The molecule has 0 amide bonds. The van der Waals surface area contributed by atoms with Crippen LogP contribution in [0.1, 0.15) is 52.0 Å². The SMILES string of the molecule is COc1ccc2c(c1)CC1=CCCCC1(CCO[Si](C)(C)C(C)(C)C)O2. The molecule has 1 atom stereocenters. The van der Waals surface area contributed by atoms with Crippen molar-refractivity contribution in [3.63, 3.8) is 0 Å². The molecule has 1 aliphatic carbocycles. The third-order valence-electron chi connectivity index (χ3n) is 6.49. The summed E-state index contributed by atoms with van der Waals surface area (Å²) in [6, 6.07) is 6.17. The van der Waals surface area contributed by atoms with Crippen molar-refractivity contribution < 1.29 is 13.9 Å². The van der Waals surface area contributed by atoms with Gasteiger partial charge in [-0.15, -0.1) is 0 Å². The smallest absolute Gasteiger partial charge is 0.191 e. The Kier molecular flexibility index (Phi) is 5.28. The first-order valence-electron chi connectivity index (χ1n) is 9.86. The Balaban J connectivity index is 1.78. The standard InChI is InChI=1S/C22H34O3Si/c1-21(2,3)26(5,6)24-14-13-22-12-8-7-9-18(22)15-17-16-19(23-4)10-11-20(17)25-22/h9-11,16H,7-8,12-15H2,1-6H3. The van der Waals surface area contributed by atoms with Crippen molar-refractivity contribution >= 4 is 8.32 Å². The first kappa shape index (κ1) is 19.5. The monoisotopic (exact) mass is 374 g/mol. The van der Waals surface area contributed by atoms with Crippen LogP contribution >= 0.6 is 0 Å². The number of rotatable bonds is 5.